The van der Waals surface area contributed by atoms with Gasteiger partial charge in [0.2, 0.25) is 0 Å². The largest absolute Gasteiger partial charge is 0.311 e. The second-order valence-corrected chi connectivity index (χ2v) is 8.59. The van der Waals surface area contributed by atoms with Crippen molar-refractivity contribution in [2.24, 2.45) is 17.3 Å². The summed E-state index contributed by atoms with van der Waals surface area (Å²) in [7, 11) is 0. The zero-order chi connectivity index (χ0) is 19.1. The molecule has 2 aromatic carbocycles. The van der Waals surface area contributed by atoms with Gasteiger partial charge in [-0.2, -0.15) is 0 Å². The highest BCUT2D eigenvalue weighted by molar-refractivity contribution is 5.71. The summed E-state index contributed by atoms with van der Waals surface area (Å²) in [5.74, 6) is 1.31. The van der Waals surface area contributed by atoms with Gasteiger partial charge in [-0.3, -0.25) is 0 Å². The summed E-state index contributed by atoms with van der Waals surface area (Å²) in [5, 5.41) is 0. The molecule has 5 rings (SSSR count). The fraction of sp³-hybridized carbons (Fsp3) is 0.259. The van der Waals surface area contributed by atoms with E-state index in [1.807, 2.05) is 0 Å². The Kier molecular flexibility index (Phi) is 4.12. The standard InChI is InChI=1S/C27H27N/c1-27(2)25-16-10-9-15-23(25)24-18-17-22(19-26(24)27)28(20-11-5-3-6-12-20)21-13-7-4-8-14-21/h3-14,16-17,19,23-24H,15,18H2,1-2H3. The minimum absolute atomic E-state index is 0.138. The summed E-state index contributed by atoms with van der Waals surface area (Å²) in [5.41, 5.74) is 7.07. The number of para-hydroxylation sites is 2. The van der Waals surface area contributed by atoms with E-state index in [0.717, 1.165) is 6.42 Å². The first kappa shape index (κ1) is 17.3. The molecule has 3 aliphatic rings. The summed E-state index contributed by atoms with van der Waals surface area (Å²) in [6.45, 7) is 4.82. The molecule has 2 atom stereocenters. The van der Waals surface area contributed by atoms with Gasteiger partial charge in [-0.05, 0) is 55.0 Å². The highest BCUT2D eigenvalue weighted by atomic mass is 15.1. The average molecular weight is 366 g/mol. The normalized spacial score (nSPS) is 24.6. The van der Waals surface area contributed by atoms with E-state index in [0.29, 0.717) is 11.8 Å². The Balaban J connectivity index is 1.60. The molecule has 0 aliphatic heterocycles. The van der Waals surface area contributed by atoms with Crippen LogP contribution in [0.1, 0.15) is 26.7 Å². The number of fused-ring (bicyclic) bond motifs is 3. The molecule has 0 spiro atoms. The van der Waals surface area contributed by atoms with Gasteiger partial charge in [0.05, 0.1) is 0 Å². The monoisotopic (exact) mass is 365 g/mol. The molecule has 0 amide bonds. The van der Waals surface area contributed by atoms with Gasteiger partial charge in [0, 0.05) is 22.5 Å². The topological polar surface area (TPSA) is 3.24 Å². The maximum atomic E-state index is 2.48. The Bertz CT molecular complexity index is 950. The Labute approximate surface area is 168 Å². The summed E-state index contributed by atoms with van der Waals surface area (Å²) in [6, 6.07) is 21.4. The lowest BCUT2D eigenvalue weighted by Gasteiger charge is -2.32. The van der Waals surface area contributed by atoms with E-state index in [9.17, 15) is 0 Å². The Hall–Kier alpha value is -2.80. The van der Waals surface area contributed by atoms with Crippen molar-refractivity contribution in [1.29, 1.82) is 0 Å². The number of allylic oxidation sites excluding steroid dienone is 7. The van der Waals surface area contributed by atoms with Gasteiger partial charge in [-0.25, -0.2) is 0 Å². The van der Waals surface area contributed by atoms with Crippen LogP contribution in [0, 0.1) is 17.3 Å². The molecule has 0 radical (unpaired) electrons. The van der Waals surface area contributed by atoms with E-state index in [2.05, 4.69) is 110 Å². The van der Waals surface area contributed by atoms with E-state index >= 15 is 0 Å². The number of hydrogen-bond acceptors (Lipinski definition) is 1. The van der Waals surface area contributed by atoms with Crippen molar-refractivity contribution >= 4 is 11.4 Å². The van der Waals surface area contributed by atoms with E-state index < -0.39 is 0 Å². The third kappa shape index (κ3) is 2.69. The van der Waals surface area contributed by atoms with Crippen molar-refractivity contribution in [2.75, 3.05) is 4.90 Å². The van der Waals surface area contributed by atoms with Crippen LogP contribution in [-0.4, -0.2) is 0 Å². The van der Waals surface area contributed by atoms with Gasteiger partial charge in [0.15, 0.2) is 0 Å². The van der Waals surface area contributed by atoms with Crippen molar-refractivity contribution in [3.63, 3.8) is 0 Å². The molecule has 0 bridgehead atoms. The summed E-state index contributed by atoms with van der Waals surface area (Å²) in [4.78, 5) is 2.40. The van der Waals surface area contributed by atoms with Crippen LogP contribution in [0.3, 0.4) is 0 Å². The second kappa shape index (κ2) is 6.67. The summed E-state index contributed by atoms with van der Waals surface area (Å²) < 4.78 is 0. The molecule has 2 unspecified atom stereocenters. The third-order valence-corrected chi connectivity index (χ3v) is 6.70. The van der Waals surface area contributed by atoms with Crippen molar-refractivity contribution < 1.29 is 0 Å². The highest BCUT2D eigenvalue weighted by Crippen LogP contribution is 2.58. The summed E-state index contributed by atoms with van der Waals surface area (Å²) in [6.07, 6.45) is 14.2. The van der Waals surface area contributed by atoms with Crippen molar-refractivity contribution in [1.82, 2.24) is 0 Å². The minimum Gasteiger partial charge on any atom is -0.311 e. The Morgan fingerprint density at radius 2 is 1.39 bits per heavy atom. The number of nitrogens with zero attached hydrogens (tertiary/aromatic N) is 1. The molecule has 0 N–H and O–H groups in total. The Morgan fingerprint density at radius 3 is 2.04 bits per heavy atom. The maximum absolute atomic E-state index is 2.48. The van der Waals surface area contributed by atoms with E-state index in [-0.39, 0.29) is 5.41 Å². The van der Waals surface area contributed by atoms with Crippen LogP contribution in [0.4, 0.5) is 11.4 Å². The molecule has 1 saturated carbocycles. The molecule has 140 valence electrons. The van der Waals surface area contributed by atoms with Crippen LogP contribution < -0.4 is 4.90 Å². The lowest BCUT2D eigenvalue weighted by molar-refractivity contribution is 0.476. The first-order valence-corrected chi connectivity index (χ1v) is 10.4. The average Bonchev–Trinajstić information content (AvgIpc) is 2.97. The SMILES string of the molecule is CC1(C)C2=CC=CCC2C2CC=C(N(c3ccccc3)c3ccccc3)C=C21. The highest BCUT2D eigenvalue weighted by Gasteiger charge is 2.48. The van der Waals surface area contributed by atoms with Crippen LogP contribution in [0.2, 0.25) is 0 Å². The predicted octanol–water partition coefficient (Wildman–Crippen LogP) is 7.20. The van der Waals surface area contributed by atoms with Gasteiger partial charge in [-0.15, -0.1) is 0 Å². The van der Waals surface area contributed by atoms with E-state index in [1.54, 1.807) is 11.1 Å². The lowest BCUT2D eigenvalue weighted by atomic mass is 9.79. The molecule has 0 aromatic heterocycles. The van der Waals surface area contributed by atoms with Crippen LogP contribution in [0.25, 0.3) is 0 Å². The van der Waals surface area contributed by atoms with Gasteiger partial charge in [0.1, 0.15) is 0 Å². The van der Waals surface area contributed by atoms with Gasteiger partial charge >= 0.3 is 0 Å². The molecule has 1 fully saturated rings. The first-order chi connectivity index (χ1) is 13.7. The smallest absolute Gasteiger partial charge is 0.0461 e. The second-order valence-electron chi connectivity index (χ2n) is 8.59. The van der Waals surface area contributed by atoms with E-state index in [1.165, 1.54) is 23.5 Å². The lowest BCUT2D eigenvalue weighted by Crippen LogP contribution is -2.21. The van der Waals surface area contributed by atoms with Crippen molar-refractivity contribution in [3.8, 4) is 0 Å². The first-order valence-electron chi connectivity index (χ1n) is 10.4. The predicted molar refractivity (Wildman–Crippen MR) is 118 cm³/mol. The number of benzene rings is 2. The quantitative estimate of drug-likeness (QED) is 0.556. The fourth-order valence-corrected chi connectivity index (χ4v) is 5.35. The molecule has 1 heteroatoms. The van der Waals surface area contributed by atoms with Gasteiger partial charge in [0.25, 0.3) is 0 Å². The van der Waals surface area contributed by atoms with Gasteiger partial charge in [-0.1, -0.05) is 85.7 Å². The molecule has 28 heavy (non-hydrogen) atoms. The van der Waals surface area contributed by atoms with Crippen molar-refractivity contribution in [2.45, 2.75) is 26.7 Å². The molecule has 3 aliphatic carbocycles. The number of rotatable bonds is 3. The minimum atomic E-state index is 0.138. The molecular formula is C27H27N. The van der Waals surface area contributed by atoms with Crippen molar-refractivity contribution in [3.05, 3.63) is 108 Å². The van der Waals surface area contributed by atoms with Crippen LogP contribution in [0.15, 0.2) is 108 Å². The maximum Gasteiger partial charge on any atom is 0.0461 e. The zero-order valence-corrected chi connectivity index (χ0v) is 16.7. The number of anilines is 2. The zero-order valence-electron chi connectivity index (χ0n) is 16.7. The van der Waals surface area contributed by atoms with Crippen LogP contribution in [-0.2, 0) is 0 Å². The third-order valence-electron chi connectivity index (χ3n) is 6.70. The molecule has 0 heterocycles. The number of hydrogen-bond donors (Lipinski definition) is 0. The fourth-order valence-electron chi connectivity index (χ4n) is 5.35. The van der Waals surface area contributed by atoms with Crippen LogP contribution in [0.5, 0.6) is 0 Å². The molecule has 0 saturated heterocycles. The van der Waals surface area contributed by atoms with Crippen LogP contribution >= 0.6 is 0 Å². The molecule has 1 nitrogen and oxygen atoms in total. The van der Waals surface area contributed by atoms with Gasteiger partial charge < -0.3 is 4.90 Å². The molecule has 2 aromatic rings. The summed E-state index contributed by atoms with van der Waals surface area (Å²) >= 11 is 0. The van der Waals surface area contributed by atoms with E-state index in [4.69, 9.17) is 0 Å². The Morgan fingerprint density at radius 1 is 0.786 bits per heavy atom. The molecular weight excluding hydrogens is 338 g/mol.